The van der Waals surface area contributed by atoms with E-state index in [0.717, 1.165) is 5.82 Å². The van der Waals surface area contributed by atoms with E-state index in [9.17, 15) is 0 Å². The zero-order chi connectivity index (χ0) is 12.3. The highest BCUT2D eigenvalue weighted by Gasteiger charge is 2.24. The fourth-order valence-electron chi connectivity index (χ4n) is 1.83. The second-order valence-corrected chi connectivity index (χ2v) is 5.07. The molecule has 0 N–H and O–H groups in total. The molecule has 1 aliphatic heterocycles. The first-order valence-electron chi connectivity index (χ1n) is 5.90. The average Bonchev–Trinajstić information content (AvgIpc) is 2.56. The van der Waals surface area contributed by atoms with Gasteiger partial charge in [0.1, 0.15) is 5.54 Å². The van der Waals surface area contributed by atoms with Crippen LogP contribution in [0.3, 0.4) is 0 Å². The number of aromatic nitrogens is 1. The van der Waals surface area contributed by atoms with Crippen molar-refractivity contribution in [2.75, 3.05) is 4.90 Å². The Bertz CT molecular complexity index is 460. The number of hydrogen-bond acceptors (Lipinski definition) is 1. The first-order valence-corrected chi connectivity index (χ1v) is 5.90. The van der Waals surface area contributed by atoms with E-state index in [2.05, 4.69) is 67.0 Å². The van der Waals surface area contributed by atoms with E-state index >= 15 is 0 Å². The van der Waals surface area contributed by atoms with E-state index in [-0.39, 0.29) is 5.54 Å². The first-order chi connectivity index (χ1) is 8.09. The molecule has 0 spiro atoms. The molecule has 88 valence electrons. The average molecular weight is 227 g/mol. The maximum absolute atomic E-state index is 2.27. The van der Waals surface area contributed by atoms with Crippen LogP contribution >= 0.6 is 0 Å². The summed E-state index contributed by atoms with van der Waals surface area (Å²) in [4.78, 5) is 2.13. The number of nitrogens with zero attached hydrogens (tertiary/aromatic N) is 2. The Kier molecular flexibility index (Phi) is 3.14. The Balaban J connectivity index is 2.45. The molecule has 2 rings (SSSR count). The molecule has 0 fully saturated rings. The Labute approximate surface area is 103 Å². The topological polar surface area (TPSA) is 7.12 Å². The van der Waals surface area contributed by atoms with E-state index in [0.29, 0.717) is 0 Å². The molecule has 2 nitrogen and oxygen atoms in total. The van der Waals surface area contributed by atoms with Crippen LogP contribution in [0.15, 0.2) is 61.1 Å². The van der Waals surface area contributed by atoms with Crippen molar-refractivity contribution in [2.24, 2.45) is 0 Å². The van der Waals surface area contributed by atoms with Gasteiger partial charge < -0.3 is 0 Å². The van der Waals surface area contributed by atoms with Crippen molar-refractivity contribution in [3.8, 4) is 0 Å². The van der Waals surface area contributed by atoms with Crippen LogP contribution < -0.4 is 9.47 Å². The van der Waals surface area contributed by atoms with Gasteiger partial charge in [-0.1, -0.05) is 18.2 Å². The lowest BCUT2D eigenvalue weighted by atomic mass is 10.1. The number of anilines is 1. The van der Waals surface area contributed by atoms with Crippen LogP contribution in [-0.4, -0.2) is 0 Å². The predicted octanol–water partition coefficient (Wildman–Crippen LogP) is 3.13. The standard InChI is InChI=1S/C15H19N2/c1-15(2,3)17-13-9-6-10-14(17)16-11-7-4-5-8-12-16/h4-13H,1-3H3/q+1. The minimum Gasteiger partial charge on any atom is -0.229 e. The molecular weight excluding hydrogens is 208 g/mol. The third kappa shape index (κ3) is 2.64. The van der Waals surface area contributed by atoms with Crippen molar-refractivity contribution in [2.45, 2.75) is 26.3 Å². The fraction of sp³-hybridized carbons (Fsp3) is 0.267. The first kappa shape index (κ1) is 11.6. The normalized spacial score (nSPS) is 15.1. The zero-order valence-electron chi connectivity index (χ0n) is 10.7. The Morgan fingerprint density at radius 3 is 2.18 bits per heavy atom. The fourth-order valence-corrected chi connectivity index (χ4v) is 1.83. The Hall–Kier alpha value is -1.83. The van der Waals surface area contributed by atoms with E-state index < -0.39 is 0 Å². The highest BCUT2D eigenvalue weighted by Crippen LogP contribution is 2.15. The third-order valence-corrected chi connectivity index (χ3v) is 2.65. The molecule has 0 bridgehead atoms. The maximum Gasteiger partial charge on any atom is 0.286 e. The lowest BCUT2D eigenvalue weighted by molar-refractivity contribution is -0.742. The van der Waals surface area contributed by atoms with Crippen molar-refractivity contribution in [1.82, 2.24) is 0 Å². The summed E-state index contributed by atoms with van der Waals surface area (Å²) < 4.78 is 2.27. The van der Waals surface area contributed by atoms with E-state index in [4.69, 9.17) is 0 Å². The molecule has 17 heavy (non-hydrogen) atoms. The van der Waals surface area contributed by atoms with Crippen LogP contribution in [-0.2, 0) is 5.54 Å². The van der Waals surface area contributed by atoms with Crippen molar-refractivity contribution < 1.29 is 4.57 Å². The minimum atomic E-state index is 0.0675. The maximum atomic E-state index is 2.27. The zero-order valence-corrected chi connectivity index (χ0v) is 10.7. The SMILES string of the molecule is CC(C)(C)[n+]1ccccc1N1C=CC=CC=C1. The van der Waals surface area contributed by atoms with Gasteiger partial charge in [0.05, 0.1) is 18.6 Å². The molecule has 0 atom stereocenters. The molecule has 0 unspecified atom stereocenters. The number of hydrogen-bond donors (Lipinski definition) is 0. The molecule has 0 aliphatic carbocycles. The summed E-state index contributed by atoms with van der Waals surface area (Å²) in [6, 6.07) is 6.26. The van der Waals surface area contributed by atoms with Crippen LogP contribution in [0, 0.1) is 0 Å². The van der Waals surface area contributed by atoms with E-state index in [1.807, 2.05) is 24.3 Å². The molecule has 0 amide bonds. The van der Waals surface area contributed by atoms with Gasteiger partial charge >= 0.3 is 0 Å². The summed E-state index contributed by atoms with van der Waals surface area (Å²) in [6.07, 6.45) is 14.4. The summed E-state index contributed by atoms with van der Waals surface area (Å²) in [6.45, 7) is 6.62. The number of allylic oxidation sites excluding steroid dienone is 4. The number of rotatable bonds is 1. The van der Waals surface area contributed by atoms with Gasteiger partial charge in [-0.15, -0.1) is 0 Å². The van der Waals surface area contributed by atoms with Gasteiger partial charge in [0.2, 0.25) is 0 Å². The molecule has 0 saturated heterocycles. The second-order valence-electron chi connectivity index (χ2n) is 5.07. The van der Waals surface area contributed by atoms with Gasteiger partial charge in [-0.2, -0.15) is 0 Å². The third-order valence-electron chi connectivity index (χ3n) is 2.65. The molecule has 1 aromatic heterocycles. The highest BCUT2D eigenvalue weighted by atomic mass is 15.2. The predicted molar refractivity (Wildman–Crippen MR) is 71.5 cm³/mol. The Morgan fingerprint density at radius 1 is 0.941 bits per heavy atom. The van der Waals surface area contributed by atoms with E-state index in [1.54, 1.807) is 0 Å². The molecule has 0 aromatic carbocycles. The van der Waals surface area contributed by atoms with Gasteiger partial charge in [0.25, 0.3) is 5.82 Å². The molecule has 1 aromatic rings. The summed E-state index contributed by atoms with van der Waals surface area (Å²) in [7, 11) is 0. The summed E-state index contributed by atoms with van der Waals surface area (Å²) in [5, 5.41) is 0. The molecule has 2 heteroatoms. The summed E-state index contributed by atoms with van der Waals surface area (Å²) >= 11 is 0. The van der Waals surface area contributed by atoms with Crippen molar-refractivity contribution in [1.29, 1.82) is 0 Å². The minimum absolute atomic E-state index is 0.0675. The van der Waals surface area contributed by atoms with Crippen molar-refractivity contribution in [3.05, 3.63) is 61.1 Å². The van der Waals surface area contributed by atoms with Gasteiger partial charge in [0.15, 0.2) is 0 Å². The van der Waals surface area contributed by atoms with Crippen LogP contribution in [0.4, 0.5) is 5.82 Å². The van der Waals surface area contributed by atoms with Crippen LogP contribution in [0.2, 0.25) is 0 Å². The quantitative estimate of drug-likeness (QED) is 0.669. The van der Waals surface area contributed by atoms with E-state index in [1.165, 1.54) is 0 Å². The van der Waals surface area contributed by atoms with Crippen LogP contribution in [0.5, 0.6) is 0 Å². The Morgan fingerprint density at radius 2 is 1.59 bits per heavy atom. The van der Waals surface area contributed by atoms with Crippen molar-refractivity contribution in [3.63, 3.8) is 0 Å². The lowest BCUT2D eigenvalue weighted by Crippen LogP contribution is -2.52. The van der Waals surface area contributed by atoms with Crippen LogP contribution in [0.1, 0.15) is 20.8 Å². The second kappa shape index (κ2) is 4.58. The molecule has 0 radical (unpaired) electrons. The molecule has 2 heterocycles. The highest BCUT2D eigenvalue weighted by molar-refractivity contribution is 5.44. The monoisotopic (exact) mass is 227 g/mol. The summed E-state index contributed by atoms with van der Waals surface area (Å²) in [5.41, 5.74) is 0.0675. The molecule has 0 saturated carbocycles. The van der Waals surface area contributed by atoms with Gasteiger partial charge in [-0.3, -0.25) is 0 Å². The lowest BCUT2D eigenvalue weighted by Gasteiger charge is -2.22. The molecule has 1 aliphatic rings. The largest absolute Gasteiger partial charge is 0.286 e. The van der Waals surface area contributed by atoms with Gasteiger partial charge in [0, 0.05) is 6.07 Å². The van der Waals surface area contributed by atoms with Gasteiger partial charge in [-0.25, -0.2) is 9.47 Å². The molecular formula is C15H19N2+. The van der Waals surface area contributed by atoms with Crippen LogP contribution in [0.25, 0.3) is 0 Å². The summed E-state index contributed by atoms with van der Waals surface area (Å²) in [5.74, 6) is 1.16. The van der Waals surface area contributed by atoms with Crippen molar-refractivity contribution >= 4 is 5.82 Å². The number of pyridine rings is 1. The smallest absolute Gasteiger partial charge is 0.229 e. The van der Waals surface area contributed by atoms with Gasteiger partial charge in [-0.05, 0) is 39.0 Å².